The van der Waals surface area contributed by atoms with Crippen molar-refractivity contribution >= 4 is 17.7 Å². The summed E-state index contributed by atoms with van der Waals surface area (Å²) in [4.78, 5) is 15.0. The number of rotatable bonds is 7. The molecule has 2 aliphatic rings. The molecule has 32 heavy (non-hydrogen) atoms. The van der Waals surface area contributed by atoms with Gasteiger partial charge in [0.05, 0.1) is 23.6 Å². The third kappa shape index (κ3) is 3.99. The lowest BCUT2D eigenvalue weighted by Crippen LogP contribution is -2.50. The number of aryl methyl sites for hydroxylation is 2. The van der Waals surface area contributed by atoms with E-state index in [9.17, 15) is 4.79 Å². The highest BCUT2D eigenvalue weighted by molar-refractivity contribution is 7.99. The number of amides is 1. The Bertz CT molecular complexity index is 965. The Morgan fingerprint density at radius 1 is 1.28 bits per heavy atom. The van der Waals surface area contributed by atoms with Crippen molar-refractivity contribution in [3.8, 4) is 0 Å². The van der Waals surface area contributed by atoms with Crippen LogP contribution in [0.3, 0.4) is 0 Å². The average Bonchev–Trinajstić information content (AvgIpc) is 3.21. The number of fused-ring (bicyclic) bond motifs is 2. The topological polar surface area (TPSA) is 59.4 Å². The molecule has 2 atom stereocenters. The van der Waals surface area contributed by atoms with E-state index in [2.05, 4.69) is 59.9 Å². The second kappa shape index (κ2) is 9.57. The van der Waals surface area contributed by atoms with Crippen LogP contribution < -0.4 is 5.32 Å². The lowest BCUT2D eigenvalue weighted by atomic mass is 9.71. The Morgan fingerprint density at radius 3 is 2.62 bits per heavy atom. The fourth-order valence-corrected chi connectivity index (χ4v) is 6.22. The molecule has 4 rings (SSSR count). The number of nitrogens with zero attached hydrogens (tertiary/aromatic N) is 3. The van der Waals surface area contributed by atoms with E-state index in [1.807, 2.05) is 6.26 Å². The van der Waals surface area contributed by atoms with Gasteiger partial charge in [-0.2, -0.15) is 16.9 Å². The first-order valence-corrected chi connectivity index (χ1v) is 13.0. The molecule has 2 heterocycles. The molecule has 0 bridgehead atoms. The van der Waals surface area contributed by atoms with Crippen molar-refractivity contribution in [3.05, 3.63) is 52.3 Å². The van der Waals surface area contributed by atoms with E-state index in [-0.39, 0.29) is 23.5 Å². The second-order valence-electron chi connectivity index (χ2n) is 9.12. The van der Waals surface area contributed by atoms with Gasteiger partial charge in [0.25, 0.3) is 0 Å². The van der Waals surface area contributed by atoms with Gasteiger partial charge in [-0.25, -0.2) is 0 Å². The standard InChI is InChI=1S/C25H36N4O2S/c1-6-29-18(3)20(17(2)27-29)15-28-13-11-25(12-14-28)21-10-8-7-9-19(21)23(24(25)31-4)26-22(30)16-32-5/h7-10,23-24H,6,11-16H2,1-5H3,(H,26,30)/t23-,24+/m1/s1. The number of nitrogens with one attached hydrogen (secondary N) is 1. The first kappa shape index (κ1) is 23.3. The highest BCUT2D eigenvalue weighted by Crippen LogP contribution is 2.52. The normalized spacial score (nSPS) is 22.3. The number of carbonyl (C=O) groups excluding carboxylic acids is 1. The zero-order valence-corrected chi connectivity index (χ0v) is 20.8. The average molecular weight is 457 g/mol. The molecule has 2 aromatic rings. The van der Waals surface area contributed by atoms with Gasteiger partial charge in [-0.05, 0) is 64.1 Å². The molecule has 1 aliphatic carbocycles. The highest BCUT2D eigenvalue weighted by atomic mass is 32.2. The number of hydrogen-bond donors (Lipinski definition) is 1. The molecule has 7 heteroatoms. The van der Waals surface area contributed by atoms with Gasteiger partial charge in [-0.3, -0.25) is 14.4 Å². The molecule has 1 aromatic heterocycles. The Labute approximate surface area is 196 Å². The van der Waals surface area contributed by atoms with Crippen LogP contribution in [0.15, 0.2) is 24.3 Å². The van der Waals surface area contributed by atoms with Gasteiger partial charge in [0.15, 0.2) is 0 Å². The lowest BCUT2D eigenvalue weighted by Gasteiger charge is -2.44. The first-order valence-electron chi connectivity index (χ1n) is 11.6. The number of likely N-dealkylation sites (tertiary alicyclic amines) is 1. The summed E-state index contributed by atoms with van der Waals surface area (Å²) in [6.07, 6.45) is 3.97. The van der Waals surface area contributed by atoms with Crippen molar-refractivity contribution in [2.24, 2.45) is 0 Å². The SMILES string of the molecule is CCn1nc(C)c(CN2CCC3(CC2)c2ccccc2[C@@H](NC(=O)CSC)[C@@H]3OC)c1C. The third-order valence-corrected chi connectivity index (χ3v) is 8.04. The van der Waals surface area contributed by atoms with Gasteiger partial charge >= 0.3 is 0 Å². The van der Waals surface area contributed by atoms with E-state index in [1.165, 1.54) is 22.4 Å². The van der Waals surface area contributed by atoms with Crippen LogP contribution >= 0.6 is 11.8 Å². The van der Waals surface area contributed by atoms with Gasteiger partial charge in [0, 0.05) is 36.9 Å². The Morgan fingerprint density at radius 2 is 2.00 bits per heavy atom. The molecule has 1 aliphatic heterocycles. The summed E-state index contributed by atoms with van der Waals surface area (Å²) < 4.78 is 8.24. The van der Waals surface area contributed by atoms with Crippen molar-refractivity contribution in [1.82, 2.24) is 20.0 Å². The fraction of sp³-hybridized carbons (Fsp3) is 0.600. The predicted octanol–water partition coefficient (Wildman–Crippen LogP) is 3.60. The van der Waals surface area contributed by atoms with Gasteiger partial charge in [0.2, 0.25) is 5.91 Å². The van der Waals surface area contributed by atoms with E-state index >= 15 is 0 Å². The summed E-state index contributed by atoms with van der Waals surface area (Å²) in [6, 6.07) is 8.52. The van der Waals surface area contributed by atoms with Crippen LogP contribution in [0.5, 0.6) is 0 Å². The molecular weight excluding hydrogens is 420 g/mol. The van der Waals surface area contributed by atoms with Crippen LogP contribution in [0.1, 0.15) is 53.9 Å². The zero-order valence-electron chi connectivity index (χ0n) is 20.0. The maximum atomic E-state index is 12.5. The number of benzene rings is 1. The predicted molar refractivity (Wildman–Crippen MR) is 130 cm³/mol. The molecule has 0 saturated carbocycles. The van der Waals surface area contributed by atoms with Gasteiger partial charge < -0.3 is 10.1 Å². The highest BCUT2D eigenvalue weighted by Gasteiger charge is 2.53. The second-order valence-corrected chi connectivity index (χ2v) is 9.99. The van der Waals surface area contributed by atoms with E-state index in [0.717, 1.165) is 44.7 Å². The largest absolute Gasteiger partial charge is 0.378 e. The lowest BCUT2D eigenvalue weighted by molar-refractivity contribution is -0.121. The van der Waals surface area contributed by atoms with Gasteiger partial charge in [0.1, 0.15) is 0 Å². The Hall–Kier alpha value is -1.83. The van der Waals surface area contributed by atoms with Crippen LogP contribution in [0.25, 0.3) is 0 Å². The first-order chi connectivity index (χ1) is 15.4. The Kier molecular flexibility index (Phi) is 6.98. The van der Waals surface area contributed by atoms with Crippen LogP contribution in [-0.4, -0.2) is 58.9 Å². The quantitative estimate of drug-likeness (QED) is 0.690. The summed E-state index contributed by atoms with van der Waals surface area (Å²) in [5.74, 6) is 0.549. The van der Waals surface area contributed by atoms with E-state index in [0.29, 0.717) is 5.75 Å². The molecule has 1 amide bonds. The minimum Gasteiger partial charge on any atom is -0.378 e. The molecule has 0 unspecified atom stereocenters. The number of piperidine rings is 1. The van der Waals surface area contributed by atoms with Crippen LogP contribution in [-0.2, 0) is 28.0 Å². The summed E-state index contributed by atoms with van der Waals surface area (Å²) in [5.41, 5.74) is 6.30. The van der Waals surface area contributed by atoms with Crippen LogP contribution in [0.4, 0.5) is 0 Å². The number of ether oxygens (including phenoxy) is 1. The maximum absolute atomic E-state index is 12.5. The number of hydrogen-bond acceptors (Lipinski definition) is 5. The Balaban J connectivity index is 1.55. The molecule has 0 radical (unpaired) electrons. The molecular formula is C25H36N4O2S. The number of carbonyl (C=O) groups is 1. The molecule has 1 saturated heterocycles. The van der Waals surface area contributed by atoms with E-state index in [1.54, 1.807) is 18.9 Å². The molecule has 6 nitrogen and oxygen atoms in total. The molecule has 174 valence electrons. The van der Waals surface area contributed by atoms with E-state index in [4.69, 9.17) is 9.84 Å². The number of methoxy groups -OCH3 is 1. The molecule has 1 N–H and O–H groups in total. The maximum Gasteiger partial charge on any atom is 0.230 e. The third-order valence-electron chi connectivity index (χ3n) is 7.49. The van der Waals surface area contributed by atoms with Gasteiger partial charge in [-0.15, -0.1) is 0 Å². The van der Waals surface area contributed by atoms with Gasteiger partial charge in [-0.1, -0.05) is 24.3 Å². The van der Waals surface area contributed by atoms with Crippen LogP contribution in [0.2, 0.25) is 0 Å². The summed E-state index contributed by atoms with van der Waals surface area (Å²) in [5, 5.41) is 7.98. The van der Waals surface area contributed by atoms with Crippen LogP contribution in [0, 0.1) is 13.8 Å². The number of thioether (sulfide) groups is 1. The fourth-order valence-electron chi connectivity index (χ4n) is 5.88. The molecule has 1 aromatic carbocycles. The van der Waals surface area contributed by atoms with Crippen molar-refractivity contribution in [1.29, 1.82) is 0 Å². The summed E-state index contributed by atoms with van der Waals surface area (Å²) in [7, 11) is 1.80. The minimum absolute atomic E-state index is 0.0424. The minimum atomic E-state index is -0.0883. The summed E-state index contributed by atoms with van der Waals surface area (Å²) >= 11 is 1.55. The van der Waals surface area contributed by atoms with Crippen molar-refractivity contribution in [2.45, 2.75) is 64.3 Å². The van der Waals surface area contributed by atoms with Crippen molar-refractivity contribution in [3.63, 3.8) is 0 Å². The number of aromatic nitrogens is 2. The van der Waals surface area contributed by atoms with E-state index < -0.39 is 0 Å². The molecule has 1 fully saturated rings. The molecule has 1 spiro atoms. The summed E-state index contributed by atoms with van der Waals surface area (Å²) in [6.45, 7) is 10.3. The zero-order chi connectivity index (χ0) is 22.9. The van der Waals surface area contributed by atoms with Crippen molar-refractivity contribution in [2.75, 3.05) is 32.2 Å². The monoisotopic (exact) mass is 456 g/mol. The smallest absolute Gasteiger partial charge is 0.230 e. The van der Waals surface area contributed by atoms with Crippen molar-refractivity contribution < 1.29 is 9.53 Å².